The lowest BCUT2D eigenvalue weighted by molar-refractivity contribution is 0.156. The maximum atomic E-state index is 4.29. The summed E-state index contributed by atoms with van der Waals surface area (Å²) in [5, 5.41) is 11.9. The molecule has 0 saturated carbocycles. The van der Waals surface area contributed by atoms with Gasteiger partial charge in [0.05, 0.1) is 6.54 Å². The van der Waals surface area contributed by atoms with Crippen molar-refractivity contribution in [1.82, 2.24) is 25.0 Å². The van der Waals surface area contributed by atoms with E-state index in [1.807, 2.05) is 14.0 Å². The van der Waals surface area contributed by atoms with Gasteiger partial charge in [-0.1, -0.05) is 0 Å². The first-order valence-corrected chi connectivity index (χ1v) is 7.37. The van der Waals surface area contributed by atoms with Crippen LogP contribution in [0.25, 0.3) is 0 Å². The number of nitrogens with one attached hydrogen (secondary N) is 1. The van der Waals surface area contributed by atoms with Crippen LogP contribution in [0, 0.1) is 12.8 Å². The zero-order chi connectivity index (χ0) is 13.8. The summed E-state index contributed by atoms with van der Waals surface area (Å²) in [5.41, 5.74) is 0. The van der Waals surface area contributed by atoms with Gasteiger partial charge in [0.2, 0.25) is 0 Å². The van der Waals surface area contributed by atoms with Crippen molar-refractivity contribution in [2.24, 2.45) is 13.0 Å². The second-order valence-electron chi connectivity index (χ2n) is 5.94. The van der Waals surface area contributed by atoms with Crippen LogP contribution in [0.2, 0.25) is 0 Å². The summed E-state index contributed by atoms with van der Waals surface area (Å²) in [6.07, 6.45) is 2.59. The summed E-state index contributed by atoms with van der Waals surface area (Å²) in [4.78, 5) is 2.53. The number of hydrogen-bond acceptors (Lipinski definition) is 4. The number of rotatable bonds is 5. The number of piperidine rings is 1. The van der Waals surface area contributed by atoms with Crippen molar-refractivity contribution >= 4 is 0 Å². The van der Waals surface area contributed by atoms with Crippen LogP contribution in [-0.2, 0) is 13.6 Å². The van der Waals surface area contributed by atoms with E-state index in [0.717, 1.165) is 24.1 Å². The van der Waals surface area contributed by atoms with E-state index in [1.165, 1.54) is 32.5 Å². The third kappa shape index (κ3) is 3.76. The number of hydrogen-bond donors (Lipinski definition) is 1. The van der Waals surface area contributed by atoms with Crippen molar-refractivity contribution in [3.8, 4) is 0 Å². The molecule has 1 aromatic heterocycles. The molecular weight excluding hydrogens is 238 g/mol. The maximum absolute atomic E-state index is 4.29. The quantitative estimate of drug-likeness (QED) is 0.872. The molecule has 0 amide bonds. The molecule has 0 bridgehead atoms. The molecule has 1 aliphatic heterocycles. The topological polar surface area (TPSA) is 46.0 Å². The summed E-state index contributed by atoms with van der Waals surface area (Å²) < 4.78 is 2.10. The third-order valence-corrected chi connectivity index (χ3v) is 4.21. The van der Waals surface area contributed by atoms with Crippen molar-refractivity contribution in [3.05, 3.63) is 11.6 Å². The Morgan fingerprint density at radius 2 is 2.00 bits per heavy atom. The lowest BCUT2D eigenvalue weighted by Crippen LogP contribution is -2.39. The number of aromatic nitrogens is 3. The van der Waals surface area contributed by atoms with Gasteiger partial charge in [0.1, 0.15) is 11.6 Å². The average molecular weight is 265 g/mol. The molecule has 0 atom stereocenters. The molecule has 108 valence electrons. The van der Waals surface area contributed by atoms with E-state index in [2.05, 4.69) is 38.8 Å². The monoisotopic (exact) mass is 265 g/mol. The average Bonchev–Trinajstić information content (AvgIpc) is 2.71. The summed E-state index contributed by atoms with van der Waals surface area (Å²) in [6, 6.07) is 0.548. The zero-order valence-corrected chi connectivity index (χ0v) is 12.7. The number of nitrogens with zero attached hydrogens (tertiary/aromatic N) is 4. The highest BCUT2D eigenvalue weighted by Crippen LogP contribution is 2.17. The Bertz CT molecular complexity index is 393. The van der Waals surface area contributed by atoms with Crippen molar-refractivity contribution in [3.63, 3.8) is 0 Å². The van der Waals surface area contributed by atoms with E-state index in [4.69, 9.17) is 0 Å². The first-order chi connectivity index (χ1) is 9.08. The lowest BCUT2D eigenvalue weighted by atomic mass is 9.97. The van der Waals surface area contributed by atoms with Gasteiger partial charge in [-0.3, -0.25) is 4.90 Å². The van der Waals surface area contributed by atoms with Crippen molar-refractivity contribution in [2.75, 3.05) is 19.6 Å². The third-order valence-electron chi connectivity index (χ3n) is 4.21. The van der Waals surface area contributed by atoms with Gasteiger partial charge in [0, 0.05) is 19.6 Å². The van der Waals surface area contributed by atoms with Gasteiger partial charge >= 0.3 is 0 Å². The van der Waals surface area contributed by atoms with Gasteiger partial charge in [-0.25, -0.2) is 0 Å². The second kappa shape index (κ2) is 6.48. The SMILES string of the molecule is Cc1nnc(CN(CC2CCNCC2)C(C)C)n1C. The molecule has 5 nitrogen and oxygen atoms in total. The van der Waals surface area contributed by atoms with Crippen molar-refractivity contribution < 1.29 is 0 Å². The Balaban J connectivity index is 1.97. The molecule has 0 aliphatic carbocycles. The molecule has 1 aliphatic rings. The highest BCUT2D eigenvalue weighted by Gasteiger charge is 2.20. The van der Waals surface area contributed by atoms with E-state index in [9.17, 15) is 0 Å². The summed E-state index contributed by atoms with van der Waals surface area (Å²) in [6.45, 7) is 10.9. The molecule has 1 N–H and O–H groups in total. The Morgan fingerprint density at radius 1 is 1.32 bits per heavy atom. The van der Waals surface area contributed by atoms with E-state index in [-0.39, 0.29) is 0 Å². The van der Waals surface area contributed by atoms with Crippen LogP contribution < -0.4 is 5.32 Å². The largest absolute Gasteiger partial charge is 0.317 e. The Kier molecular flexibility index (Phi) is 4.93. The van der Waals surface area contributed by atoms with Crippen LogP contribution in [0.4, 0.5) is 0 Å². The molecular formula is C14H27N5. The molecule has 0 aromatic carbocycles. The Hall–Kier alpha value is -0.940. The van der Waals surface area contributed by atoms with E-state index < -0.39 is 0 Å². The number of aryl methyl sites for hydroxylation is 1. The fourth-order valence-electron chi connectivity index (χ4n) is 2.62. The van der Waals surface area contributed by atoms with Gasteiger partial charge in [0.15, 0.2) is 0 Å². The van der Waals surface area contributed by atoms with Gasteiger partial charge in [-0.2, -0.15) is 0 Å². The van der Waals surface area contributed by atoms with Gasteiger partial charge < -0.3 is 9.88 Å². The van der Waals surface area contributed by atoms with Crippen LogP contribution in [0.5, 0.6) is 0 Å². The summed E-state index contributed by atoms with van der Waals surface area (Å²) >= 11 is 0. The van der Waals surface area contributed by atoms with Crippen molar-refractivity contribution in [2.45, 2.75) is 46.2 Å². The predicted octanol–water partition coefficient (Wildman–Crippen LogP) is 1.33. The van der Waals surface area contributed by atoms with E-state index >= 15 is 0 Å². The summed E-state index contributed by atoms with van der Waals surface area (Å²) in [5.74, 6) is 2.87. The second-order valence-corrected chi connectivity index (χ2v) is 5.94. The Labute approximate surface area is 116 Å². The van der Waals surface area contributed by atoms with Gasteiger partial charge in [-0.15, -0.1) is 10.2 Å². The first-order valence-electron chi connectivity index (χ1n) is 7.37. The van der Waals surface area contributed by atoms with Crippen LogP contribution >= 0.6 is 0 Å². The highest BCUT2D eigenvalue weighted by atomic mass is 15.3. The molecule has 2 rings (SSSR count). The molecule has 1 fully saturated rings. The molecule has 0 spiro atoms. The lowest BCUT2D eigenvalue weighted by Gasteiger charge is -2.32. The standard InChI is InChI=1S/C14H27N5/c1-11(2)19(9-13-5-7-15-8-6-13)10-14-17-16-12(3)18(14)4/h11,13,15H,5-10H2,1-4H3. The molecule has 1 aromatic rings. The van der Waals surface area contributed by atoms with E-state index in [0.29, 0.717) is 6.04 Å². The fraction of sp³-hybridized carbons (Fsp3) is 0.857. The van der Waals surface area contributed by atoms with Crippen LogP contribution in [0.15, 0.2) is 0 Å². The molecule has 5 heteroatoms. The maximum Gasteiger partial charge on any atom is 0.146 e. The molecule has 2 heterocycles. The summed E-state index contributed by atoms with van der Waals surface area (Å²) in [7, 11) is 2.05. The molecule has 1 saturated heterocycles. The zero-order valence-electron chi connectivity index (χ0n) is 12.7. The minimum atomic E-state index is 0.548. The van der Waals surface area contributed by atoms with Crippen LogP contribution in [0.3, 0.4) is 0 Å². The van der Waals surface area contributed by atoms with E-state index in [1.54, 1.807) is 0 Å². The smallest absolute Gasteiger partial charge is 0.146 e. The molecule has 0 unspecified atom stereocenters. The first kappa shape index (κ1) is 14.5. The van der Waals surface area contributed by atoms with Crippen LogP contribution in [0.1, 0.15) is 38.3 Å². The minimum absolute atomic E-state index is 0.548. The molecule has 0 radical (unpaired) electrons. The molecule has 19 heavy (non-hydrogen) atoms. The van der Waals surface area contributed by atoms with Crippen LogP contribution in [-0.4, -0.2) is 45.3 Å². The normalized spacial score (nSPS) is 17.6. The Morgan fingerprint density at radius 3 is 2.53 bits per heavy atom. The van der Waals surface area contributed by atoms with Crippen molar-refractivity contribution in [1.29, 1.82) is 0 Å². The highest BCUT2D eigenvalue weighted by molar-refractivity contribution is 4.93. The fourth-order valence-corrected chi connectivity index (χ4v) is 2.62. The minimum Gasteiger partial charge on any atom is -0.317 e. The predicted molar refractivity (Wildman–Crippen MR) is 76.9 cm³/mol. The van der Waals surface area contributed by atoms with Gasteiger partial charge in [0.25, 0.3) is 0 Å². The van der Waals surface area contributed by atoms with Gasteiger partial charge in [-0.05, 0) is 52.6 Å².